The second kappa shape index (κ2) is 5.41. The number of rotatable bonds is 5. The Balaban J connectivity index is 1.92. The Labute approximate surface area is 118 Å². The molecule has 0 aliphatic carbocycles. The minimum absolute atomic E-state index is 0.757. The normalized spacial score (nSPS) is 11.1. The molecule has 2 aromatic heterocycles. The van der Waals surface area contributed by atoms with Gasteiger partial charge in [-0.3, -0.25) is 4.68 Å². The first-order valence-electron chi connectivity index (χ1n) is 6.96. The molecule has 0 fully saturated rings. The Morgan fingerprint density at radius 1 is 1.25 bits per heavy atom. The SMILES string of the molecule is CCCOc1cccc2c1ccn2Cc1cnn(C)c1. The van der Waals surface area contributed by atoms with E-state index in [0.29, 0.717) is 0 Å². The lowest BCUT2D eigenvalue weighted by atomic mass is 10.2. The van der Waals surface area contributed by atoms with Crippen LogP contribution in [0.4, 0.5) is 0 Å². The maximum atomic E-state index is 5.81. The second-order valence-corrected chi connectivity index (χ2v) is 5.00. The molecule has 0 atom stereocenters. The zero-order chi connectivity index (χ0) is 13.9. The molecule has 0 bridgehead atoms. The highest BCUT2D eigenvalue weighted by atomic mass is 16.5. The summed E-state index contributed by atoms with van der Waals surface area (Å²) in [6.07, 6.45) is 7.08. The minimum atomic E-state index is 0.757. The third-order valence-corrected chi connectivity index (χ3v) is 3.35. The topological polar surface area (TPSA) is 32.0 Å². The van der Waals surface area contributed by atoms with Crippen molar-refractivity contribution < 1.29 is 4.74 Å². The van der Waals surface area contributed by atoms with Crippen LogP contribution in [0.15, 0.2) is 42.9 Å². The largest absolute Gasteiger partial charge is 0.493 e. The first-order valence-corrected chi connectivity index (χ1v) is 6.96. The van der Waals surface area contributed by atoms with Crippen LogP contribution in [-0.4, -0.2) is 21.0 Å². The van der Waals surface area contributed by atoms with Crippen molar-refractivity contribution in [1.29, 1.82) is 0 Å². The van der Waals surface area contributed by atoms with Crippen molar-refractivity contribution in [3.63, 3.8) is 0 Å². The first-order chi connectivity index (χ1) is 9.78. The number of fused-ring (bicyclic) bond motifs is 1. The molecule has 1 aromatic carbocycles. The van der Waals surface area contributed by atoms with E-state index in [1.165, 1.54) is 16.5 Å². The fourth-order valence-corrected chi connectivity index (χ4v) is 2.42. The minimum Gasteiger partial charge on any atom is -0.493 e. The van der Waals surface area contributed by atoms with E-state index in [0.717, 1.165) is 25.3 Å². The summed E-state index contributed by atoms with van der Waals surface area (Å²) >= 11 is 0. The van der Waals surface area contributed by atoms with Crippen LogP contribution in [0.5, 0.6) is 5.75 Å². The quantitative estimate of drug-likeness (QED) is 0.712. The van der Waals surface area contributed by atoms with E-state index in [-0.39, 0.29) is 0 Å². The fourth-order valence-electron chi connectivity index (χ4n) is 2.42. The Bertz CT molecular complexity index is 711. The van der Waals surface area contributed by atoms with Crippen LogP contribution in [-0.2, 0) is 13.6 Å². The van der Waals surface area contributed by atoms with Crippen LogP contribution in [0.2, 0.25) is 0 Å². The predicted octanol–water partition coefficient (Wildman–Crippen LogP) is 3.21. The Hall–Kier alpha value is -2.23. The van der Waals surface area contributed by atoms with Crippen LogP contribution in [0.3, 0.4) is 0 Å². The van der Waals surface area contributed by atoms with E-state index in [1.54, 1.807) is 0 Å². The average molecular weight is 269 g/mol. The van der Waals surface area contributed by atoms with Crippen LogP contribution < -0.4 is 4.74 Å². The van der Waals surface area contributed by atoms with Gasteiger partial charge in [0.05, 0.1) is 24.9 Å². The Kier molecular flexibility index (Phi) is 3.46. The van der Waals surface area contributed by atoms with Gasteiger partial charge >= 0.3 is 0 Å². The van der Waals surface area contributed by atoms with Crippen LogP contribution in [0.25, 0.3) is 10.9 Å². The molecular formula is C16H19N3O. The van der Waals surface area contributed by atoms with E-state index >= 15 is 0 Å². The number of aryl methyl sites for hydroxylation is 1. The van der Waals surface area contributed by atoms with Gasteiger partial charge in [0.25, 0.3) is 0 Å². The molecule has 0 amide bonds. The van der Waals surface area contributed by atoms with Crippen molar-refractivity contribution in [2.45, 2.75) is 19.9 Å². The number of ether oxygens (including phenoxy) is 1. The van der Waals surface area contributed by atoms with Crippen LogP contribution in [0.1, 0.15) is 18.9 Å². The molecule has 0 unspecified atom stereocenters. The summed E-state index contributed by atoms with van der Waals surface area (Å²) < 4.78 is 9.86. The van der Waals surface area contributed by atoms with Gasteiger partial charge in [0.1, 0.15) is 5.75 Å². The molecule has 0 radical (unpaired) electrons. The summed E-state index contributed by atoms with van der Waals surface area (Å²) in [6, 6.07) is 8.33. The van der Waals surface area contributed by atoms with E-state index < -0.39 is 0 Å². The standard InChI is InChI=1S/C16H19N3O/c1-3-9-20-16-6-4-5-15-14(16)7-8-19(15)12-13-10-17-18(2)11-13/h4-8,10-11H,3,9,12H2,1-2H3. The lowest BCUT2D eigenvalue weighted by molar-refractivity contribution is 0.321. The molecule has 0 aliphatic heterocycles. The van der Waals surface area contributed by atoms with E-state index in [9.17, 15) is 0 Å². The molecule has 20 heavy (non-hydrogen) atoms. The average Bonchev–Trinajstić information content (AvgIpc) is 3.04. The molecule has 0 saturated heterocycles. The van der Waals surface area contributed by atoms with Crippen molar-refractivity contribution >= 4 is 10.9 Å². The van der Waals surface area contributed by atoms with Crippen LogP contribution in [0, 0.1) is 0 Å². The molecule has 3 rings (SSSR count). The van der Waals surface area contributed by atoms with Gasteiger partial charge in [0.2, 0.25) is 0 Å². The van der Waals surface area contributed by atoms with E-state index in [1.807, 2.05) is 36.3 Å². The molecule has 0 aliphatic rings. The summed E-state index contributed by atoms with van der Waals surface area (Å²) in [5.41, 5.74) is 2.40. The molecule has 0 N–H and O–H groups in total. The second-order valence-electron chi connectivity index (χ2n) is 5.00. The van der Waals surface area contributed by atoms with Gasteiger partial charge in [0.15, 0.2) is 0 Å². The maximum Gasteiger partial charge on any atom is 0.128 e. The van der Waals surface area contributed by atoms with Gasteiger partial charge in [0, 0.05) is 30.4 Å². The lowest BCUT2D eigenvalue weighted by Crippen LogP contribution is -1.98. The summed E-state index contributed by atoms with van der Waals surface area (Å²) in [7, 11) is 1.94. The van der Waals surface area contributed by atoms with Crippen molar-refractivity contribution in [2.75, 3.05) is 6.61 Å². The van der Waals surface area contributed by atoms with Gasteiger partial charge in [-0.2, -0.15) is 5.10 Å². The third-order valence-electron chi connectivity index (χ3n) is 3.35. The zero-order valence-corrected chi connectivity index (χ0v) is 11.9. The Morgan fingerprint density at radius 3 is 2.90 bits per heavy atom. The highest BCUT2D eigenvalue weighted by Crippen LogP contribution is 2.27. The smallest absolute Gasteiger partial charge is 0.128 e. The molecule has 0 spiro atoms. The number of nitrogens with zero attached hydrogens (tertiary/aromatic N) is 3. The summed E-state index contributed by atoms with van der Waals surface area (Å²) in [5.74, 6) is 0.967. The van der Waals surface area contributed by atoms with E-state index in [2.05, 4.69) is 34.9 Å². The van der Waals surface area contributed by atoms with Gasteiger partial charge in [-0.1, -0.05) is 13.0 Å². The predicted molar refractivity (Wildman–Crippen MR) is 80.0 cm³/mol. The van der Waals surface area contributed by atoms with E-state index in [4.69, 9.17) is 4.74 Å². The number of aromatic nitrogens is 3. The molecule has 4 heteroatoms. The van der Waals surface area contributed by atoms with Gasteiger partial charge < -0.3 is 9.30 Å². The van der Waals surface area contributed by atoms with Gasteiger partial charge in [-0.15, -0.1) is 0 Å². The number of hydrogen-bond acceptors (Lipinski definition) is 2. The molecule has 2 heterocycles. The molecule has 3 aromatic rings. The number of hydrogen-bond donors (Lipinski definition) is 0. The third kappa shape index (κ3) is 2.41. The molecular weight excluding hydrogens is 250 g/mol. The highest BCUT2D eigenvalue weighted by molar-refractivity contribution is 5.86. The van der Waals surface area contributed by atoms with Crippen molar-refractivity contribution in [3.8, 4) is 5.75 Å². The molecule has 0 saturated carbocycles. The molecule has 104 valence electrons. The van der Waals surface area contributed by atoms with Crippen LogP contribution >= 0.6 is 0 Å². The summed E-state index contributed by atoms with van der Waals surface area (Å²) in [4.78, 5) is 0. The Morgan fingerprint density at radius 2 is 2.15 bits per heavy atom. The fraction of sp³-hybridized carbons (Fsp3) is 0.312. The van der Waals surface area contributed by atoms with Crippen molar-refractivity contribution in [3.05, 3.63) is 48.4 Å². The van der Waals surface area contributed by atoms with Crippen molar-refractivity contribution in [2.24, 2.45) is 7.05 Å². The van der Waals surface area contributed by atoms with Gasteiger partial charge in [-0.05, 0) is 24.6 Å². The summed E-state index contributed by atoms with van der Waals surface area (Å²) in [6.45, 7) is 3.70. The first kappa shape index (κ1) is 12.8. The lowest BCUT2D eigenvalue weighted by Gasteiger charge is -2.07. The zero-order valence-electron chi connectivity index (χ0n) is 11.9. The van der Waals surface area contributed by atoms with Crippen molar-refractivity contribution in [1.82, 2.24) is 14.3 Å². The monoisotopic (exact) mass is 269 g/mol. The molecule has 4 nitrogen and oxygen atoms in total. The summed E-state index contributed by atoms with van der Waals surface area (Å²) in [5, 5.41) is 5.39. The highest BCUT2D eigenvalue weighted by Gasteiger charge is 2.07. The van der Waals surface area contributed by atoms with Gasteiger partial charge in [-0.25, -0.2) is 0 Å². The number of benzene rings is 1. The maximum absolute atomic E-state index is 5.81.